The molecule has 2 fully saturated rings. The van der Waals surface area contributed by atoms with Crippen molar-refractivity contribution in [2.75, 3.05) is 0 Å². The summed E-state index contributed by atoms with van der Waals surface area (Å²) in [5.74, 6) is 0. The zero-order valence-electron chi connectivity index (χ0n) is 7.81. The molecule has 2 aliphatic carbocycles. The summed E-state index contributed by atoms with van der Waals surface area (Å²) in [6, 6.07) is 1.54. The molecule has 12 heavy (non-hydrogen) atoms. The third kappa shape index (κ3) is 2.20. The monoisotopic (exact) mass is 168 g/mol. The first-order valence-corrected chi connectivity index (χ1v) is 5.46. The van der Waals surface area contributed by atoms with Crippen molar-refractivity contribution < 1.29 is 0 Å². The predicted octanol–water partition coefficient (Wildman–Crippen LogP) is 1.97. The van der Waals surface area contributed by atoms with Gasteiger partial charge in [0.25, 0.3) is 0 Å². The lowest BCUT2D eigenvalue weighted by Gasteiger charge is -2.17. The van der Waals surface area contributed by atoms with Crippen LogP contribution in [0.3, 0.4) is 0 Å². The molecule has 0 amide bonds. The molecule has 2 aliphatic rings. The van der Waals surface area contributed by atoms with Gasteiger partial charge in [0.05, 0.1) is 0 Å². The zero-order valence-corrected chi connectivity index (χ0v) is 7.81. The van der Waals surface area contributed by atoms with Gasteiger partial charge in [-0.05, 0) is 25.7 Å². The lowest BCUT2D eigenvalue weighted by Crippen LogP contribution is -2.44. The molecule has 0 aliphatic heterocycles. The van der Waals surface area contributed by atoms with E-state index >= 15 is 0 Å². The van der Waals surface area contributed by atoms with Crippen LogP contribution in [-0.2, 0) is 0 Å². The van der Waals surface area contributed by atoms with Gasteiger partial charge in [-0.3, -0.25) is 10.9 Å². The van der Waals surface area contributed by atoms with E-state index in [0.29, 0.717) is 0 Å². The van der Waals surface area contributed by atoms with Crippen molar-refractivity contribution in [1.29, 1.82) is 0 Å². The Morgan fingerprint density at radius 2 is 0.917 bits per heavy atom. The molecule has 70 valence electrons. The van der Waals surface area contributed by atoms with Crippen LogP contribution in [0.1, 0.15) is 51.4 Å². The molecule has 2 N–H and O–H groups in total. The van der Waals surface area contributed by atoms with E-state index < -0.39 is 0 Å². The summed E-state index contributed by atoms with van der Waals surface area (Å²) in [5, 5.41) is 0. The fourth-order valence-corrected chi connectivity index (χ4v) is 2.38. The van der Waals surface area contributed by atoms with E-state index in [2.05, 4.69) is 10.9 Å². The van der Waals surface area contributed by atoms with Crippen LogP contribution >= 0.6 is 0 Å². The average molecular weight is 168 g/mol. The minimum Gasteiger partial charge on any atom is -0.255 e. The van der Waals surface area contributed by atoms with E-state index in [9.17, 15) is 0 Å². The van der Waals surface area contributed by atoms with Gasteiger partial charge in [0.15, 0.2) is 0 Å². The molecule has 2 rings (SSSR count). The van der Waals surface area contributed by atoms with Gasteiger partial charge in [-0.2, -0.15) is 0 Å². The van der Waals surface area contributed by atoms with E-state index in [-0.39, 0.29) is 0 Å². The van der Waals surface area contributed by atoms with E-state index in [1.165, 1.54) is 51.4 Å². The fourth-order valence-electron chi connectivity index (χ4n) is 2.38. The smallest absolute Gasteiger partial charge is 0.0213 e. The summed E-state index contributed by atoms with van der Waals surface area (Å²) in [4.78, 5) is 0. The first kappa shape index (κ1) is 8.52. The molecule has 0 aromatic carbocycles. The summed E-state index contributed by atoms with van der Waals surface area (Å²) in [6.07, 6.45) is 11.2. The zero-order chi connectivity index (χ0) is 8.23. The summed E-state index contributed by atoms with van der Waals surface area (Å²) in [6.45, 7) is 0. The van der Waals surface area contributed by atoms with Crippen LogP contribution in [0.5, 0.6) is 0 Å². The van der Waals surface area contributed by atoms with Crippen molar-refractivity contribution in [1.82, 2.24) is 10.9 Å². The first-order valence-electron chi connectivity index (χ1n) is 5.46. The van der Waals surface area contributed by atoms with Crippen molar-refractivity contribution in [3.05, 3.63) is 0 Å². The molecule has 0 bridgehead atoms. The van der Waals surface area contributed by atoms with Crippen molar-refractivity contribution in [2.24, 2.45) is 0 Å². The molecule has 0 unspecified atom stereocenters. The van der Waals surface area contributed by atoms with Gasteiger partial charge in [0, 0.05) is 12.1 Å². The van der Waals surface area contributed by atoms with Crippen LogP contribution in [0, 0.1) is 0 Å². The molecular weight excluding hydrogens is 148 g/mol. The molecule has 2 heteroatoms. The molecule has 0 spiro atoms. The normalized spacial score (nSPS) is 27.0. The van der Waals surface area contributed by atoms with Gasteiger partial charge in [0.1, 0.15) is 0 Å². The van der Waals surface area contributed by atoms with Crippen LogP contribution in [0.2, 0.25) is 0 Å². The summed E-state index contributed by atoms with van der Waals surface area (Å²) in [7, 11) is 0. The molecule has 2 saturated carbocycles. The van der Waals surface area contributed by atoms with Crippen LogP contribution in [-0.4, -0.2) is 12.1 Å². The molecule has 0 aromatic heterocycles. The highest BCUT2D eigenvalue weighted by Gasteiger charge is 2.18. The molecule has 0 saturated heterocycles. The Labute approximate surface area is 75.1 Å². The van der Waals surface area contributed by atoms with E-state index in [1.54, 1.807) is 0 Å². The second-order valence-corrected chi connectivity index (χ2v) is 4.25. The van der Waals surface area contributed by atoms with Crippen LogP contribution in [0.15, 0.2) is 0 Å². The number of nitrogens with one attached hydrogen (secondary N) is 2. The molecule has 0 atom stereocenters. The van der Waals surface area contributed by atoms with Crippen LogP contribution in [0.4, 0.5) is 0 Å². The maximum Gasteiger partial charge on any atom is 0.0213 e. The molecule has 0 aromatic rings. The minimum atomic E-state index is 0.769. The average Bonchev–Trinajstić information content (AvgIpc) is 2.74. The van der Waals surface area contributed by atoms with Crippen molar-refractivity contribution in [3.63, 3.8) is 0 Å². The Morgan fingerprint density at radius 3 is 1.25 bits per heavy atom. The molecule has 2 nitrogen and oxygen atoms in total. The summed E-state index contributed by atoms with van der Waals surface area (Å²) < 4.78 is 0. The van der Waals surface area contributed by atoms with Gasteiger partial charge in [-0.25, -0.2) is 0 Å². The van der Waals surface area contributed by atoms with Crippen molar-refractivity contribution in [2.45, 2.75) is 63.5 Å². The SMILES string of the molecule is C1CCC(NNC2CCCC2)C1. The summed E-state index contributed by atoms with van der Waals surface area (Å²) >= 11 is 0. The Hall–Kier alpha value is -0.0800. The maximum absolute atomic E-state index is 3.47. The Morgan fingerprint density at radius 1 is 0.583 bits per heavy atom. The lowest BCUT2D eigenvalue weighted by atomic mass is 10.2. The number of hydrazine groups is 1. The van der Waals surface area contributed by atoms with Gasteiger partial charge >= 0.3 is 0 Å². The Balaban J connectivity index is 1.60. The molecule has 0 radical (unpaired) electrons. The third-order valence-electron chi connectivity index (χ3n) is 3.20. The highest BCUT2D eigenvalue weighted by atomic mass is 15.4. The number of hydrogen-bond donors (Lipinski definition) is 2. The van der Waals surface area contributed by atoms with E-state index in [1.807, 2.05) is 0 Å². The Kier molecular flexibility index (Phi) is 3.01. The minimum absolute atomic E-state index is 0.769. The lowest BCUT2D eigenvalue weighted by molar-refractivity contribution is 0.375. The van der Waals surface area contributed by atoms with Crippen molar-refractivity contribution >= 4 is 0 Å². The van der Waals surface area contributed by atoms with Gasteiger partial charge in [-0.15, -0.1) is 0 Å². The van der Waals surface area contributed by atoms with Crippen molar-refractivity contribution in [3.8, 4) is 0 Å². The van der Waals surface area contributed by atoms with E-state index in [4.69, 9.17) is 0 Å². The molecular formula is C10H20N2. The third-order valence-corrected chi connectivity index (χ3v) is 3.20. The fraction of sp³-hybridized carbons (Fsp3) is 1.00. The second kappa shape index (κ2) is 4.24. The number of rotatable bonds is 3. The summed E-state index contributed by atoms with van der Waals surface area (Å²) in [5.41, 5.74) is 6.95. The highest BCUT2D eigenvalue weighted by molar-refractivity contribution is 4.76. The predicted molar refractivity (Wildman–Crippen MR) is 50.8 cm³/mol. The highest BCUT2D eigenvalue weighted by Crippen LogP contribution is 2.19. The second-order valence-electron chi connectivity index (χ2n) is 4.25. The molecule has 0 heterocycles. The van der Waals surface area contributed by atoms with Gasteiger partial charge in [-0.1, -0.05) is 25.7 Å². The standard InChI is InChI=1S/C10H20N2/c1-2-6-9(5-1)11-12-10-7-3-4-8-10/h9-12H,1-8H2. The Bertz CT molecular complexity index is 108. The van der Waals surface area contributed by atoms with Crippen LogP contribution < -0.4 is 10.9 Å². The maximum atomic E-state index is 3.47. The topological polar surface area (TPSA) is 24.1 Å². The van der Waals surface area contributed by atoms with Crippen LogP contribution in [0.25, 0.3) is 0 Å². The largest absolute Gasteiger partial charge is 0.255 e. The quantitative estimate of drug-likeness (QED) is 0.630. The van der Waals surface area contributed by atoms with Gasteiger partial charge < -0.3 is 0 Å². The van der Waals surface area contributed by atoms with Gasteiger partial charge in [0.2, 0.25) is 0 Å². The number of hydrogen-bond acceptors (Lipinski definition) is 2. The van der Waals surface area contributed by atoms with E-state index in [0.717, 1.165) is 12.1 Å². The first-order chi connectivity index (χ1) is 5.95.